The molecule has 1 saturated heterocycles. The maximum absolute atomic E-state index is 10.9. The first kappa shape index (κ1) is 14.8. The summed E-state index contributed by atoms with van der Waals surface area (Å²) in [5.41, 5.74) is 2.07. The van der Waals surface area contributed by atoms with Gasteiger partial charge in [-0.15, -0.1) is 0 Å². The second-order valence-electron chi connectivity index (χ2n) is 5.46. The summed E-state index contributed by atoms with van der Waals surface area (Å²) < 4.78 is 0. The fraction of sp³-hybridized carbons (Fsp3) is 0.600. The molecule has 1 aromatic carbocycles. The average Bonchev–Trinajstić information content (AvgIpc) is 2.45. The normalized spacial score (nSPS) is 19.1. The Labute approximate surface area is 120 Å². The van der Waals surface area contributed by atoms with E-state index in [1.807, 2.05) is 26.1 Å². The van der Waals surface area contributed by atoms with Gasteiger partial charge in [0, 0.05) is 29.9 Å². The molecule has 0 amide bonds. The molecule has 0 aliphatic carbocycles. The number of nitrogens with zero attached hydrogens (tertiary/aromatic N) is 2. The molecule has 0 aromatic heterocycles. The van der Waals surface area contributed by atoms with E-state index < -0.39 is 0 Å². The van der Waals surface area contributed by atoms with Gasteiger partial charge >= 0.3 is 0 Å². The molecule has 0 spiro atoms. The van der Waals surface area contributed by atoms with Crippen molar-refractivity contribution in [3.63, 3.8) is 0 Å². The maximum atomic E-state index is 10.9. The first-order valence-electron chi connectivity index (χ1n) is 7.29. The van der Waals surface area contributed by atoms with E-state index in [0.29, 0.717) is 6.04 Å². The molecule has 1 unspecified atom stereocenters. The van der Waals surface area contributed by atoms with Crippen LogP contribution in [0.3, 0.4) is 0 Å². The number of aryl methyl sites for hydroxylation is 1. The molecule has 1 heterocycles. The van der Waals surface area contributed by atoms with Crippen LogP contribution in [0.5, 0.6) is 0 Å². The van der Waals surface area contributed by atoms with E-state index in [1.165, 1.54) is 19.3 Å². The third-order valence-corrected chi connectivity index (χ3v) is 4.06. The van der Waals surface area contributed by atoms with Crippen molar-refractivity contribution in [3.8, 4) is 0 Å². The van der Waals surface area contributed by atoms with Crippen molar-refractivity contribution in [2.45, 2.75) is 38.6 Å². The van der Waals surface area contributed by atoms with E-state index in [0.717, 1.165) is 30.8 Å². The summed E-state index contributed by atoms with van der Waals surface area (Å²) in [5, 5.41) is 14.1. The molecule has 0 saturated carbocycles. The van der Waals surface area contributed by atoms with Gasteiger partial charge in [-0.3, -0.25) is 10.1 Å². The van der Waals surface area contributed by atoms with Gasteiger partial charge in [0.05, 0.1) is 4.92 Å². The zero-order valence-electron chi connectivity index (χ0n) is 12.3. The van der Waals surface area contributed by atoms with Crippen LogP contribution in [-0.2, 0) is 0 Å². The van der Waals surface area contributed by atoms with Gasteiger partial charge < -0.3 is 10.2 Å². The molecule has 1 aliphatic heterocycles. The number of piperidine rings is 1. The summed E-state index contributed by atoms with van der Waals surface area (Å²) in [6.45, 7) is 3.87. The Balaban J connectivity index is 2.19. The molecule has 1 N–H and O–H groups in total. The van der Waals surface area contributed by atoms with Crippen LogP contribution in [0, 0.1) is 17.0 Å². The molecule has 5 nitrogen and oxygen atoms in total. The SMILES string of the molecule is CNCCC1CCCCN1c1ccc([N+](=O)[O-])c(C)c1. The molecular weight excluding hydrogens is 254 g/mol. The molecule has 20 heavy (non-hydrogen) atoms. The van der Waals surface area contributed by atoms with Gasteiger partial charge in [0.1, 0.15) is 0 Å². The molecule has 0 radical (unpaired) electrons. The van der Waals surface area contributed by atoms with E-state index in [-0.39, 0.29) is 10.6 Å². The highest BCUT2D eigenvalue weighted by Gasteiger charge is 2.23. The second-order valence-corrected chi connectivity index (χ2v) is 5.46. The molecule has 2 rings (SSSR count). The van der Waals surface area contributed by atoms with Gasteiger partial charge in [-0.25, -0.2) is 0 Å². The fourth-order valence-corrected chi connectivity index (χ4v) is 2.97. The molecular formula is C15H23N3O2. The van der Waals surface area contributed by atoms with Crippen molar-refractivity contribution in [2.24, 2.45) is 0 Å². The maximum Gasteiger partial charge on any atom is 0.272 e. The topological polar surface area (TPSA) is 58.4 Å². The minimum absolute atomic E-state index is 0.206. The van der Waals surface area contributed by atoms with Crippen molar-refractivity contribution in [1.82, 2.24) is 5.32 Å². The molecule has 1 aliphatic rings. The number of rotatable bonds is 5. The highest BCUT2D eigenvalue weighted by atomic mass is 16.6. The number of hydrogen-bond acceptors (Lipinski definition) is 4. The molecule has 1 fully saturated rings. The lowest BCUT2D eigenvalue weighted by Crippen LogP contribution is -2.41. The van der Waals surface area contributed by atoms with Crippen LogP contribution in [-0.4, -0.2) is 31.1 Å². The van der Waals surface area contributed by atoms with Crippen LogP contribution in [0.2, 0.25) is 0 Å². The van der Waals surface area contributed by atoms with Gasteiger partial charge in [0.15, 0.2) is 0 Å². The lowest BCUT2D eigenvalue weighted by molar-refractivity contribution is -0.385. The summed E-state index contributed by atoms with van der Waals surface area (Å²) in [4.78, 5) is 13.0. The van der Waals surface area contributed by atoms with E-state index in [4.69, 9.17) is 0 Å². The van der Waals surface area contributed by atoms with Crippen LogP contribution in [0.4, 0.5) is 11.4 Å². The highest BCUT2D eigenvalue weighted by Crippen LogP contribution is 2.30. The first-order valence-corrected chi connectivity index (χ1v) is 7.29. The summed E-state index contributed by atoms with van der Waals surface area (Å²) >= 11 is 0. The van der Waals surface area contributed by atoms with E-state index in [2.05, 4.69) is 10.2 Å². The number of nitrogens with one attached hydrogen (secondary N) is 1. The Morgan fingerprint density at radius 2 is 2.25 bits per heavy atom. The lowest BCUT2D eigenvalue weighted by atomic mass is 9.98. The molecule has 0 bridgehead atoms. The number of hydrogen-bond donors (Lipinski definition) is 1. The monoisotopic (exact) mass is 277 g/mol. The number of anilines is 1. The minimum Gasteiger partial charge on any atom is -0.368 e. The van der Waals surface area contributed by atoms with Crippen LogP contribution < -0.4 is 10.2 Å². The number of nitro groups is 1. The predicted octanol–water partition coefficient (Wildman–Crippen LogP) is 2.87. The summed E-state index contributed by atoms with van der Waals surface area (Å²) in [6.07, 6.45) is 4.80. The Morgan fingerprint density at radius 1 is 1.45 bits per heavy atom. The fourth-order valence-electron chi connectivity index (χ4n) is 2.97. The van der Waals surface area contributed by atoms with Gasteiger partial charge in [-0.1, -0.05) is 0 Å². The predicted molar refractivity (Wildman–Crippen MR) is 81.4 cm³/mol. The molecule has 1 atom stereocenters. The van der Waals surface area contributed by atoms with Crippen molar-refractivity contribution < 1.29 is 4.92 Å². The largest absolute Gasteiger partial charge is 0.368 e. The summed E-state index contributed by atoms with van der Waals surface area (Å²) in [5.74, 6) is 0. The number of nitro benzene ring substituents is 1. The van der Waals surface area contributed by atoms with E-state index >= 15 is 0 Å². The molecule has 1 aromatic rings. The van der Waals surface area contributed by atoms with E-state index in [9.17, 15) is 10.1 Å². The number of benzene rings is 1. The zero-order chi connectivity index (χ0) is 14.5. The van der Waals surface area contributed by atoms with Gasteiger partial charge in [-0.05, 0) is 58.3 Å². The van der Waals surface area contributed by atoms with Gasteiger partial charge in [0.2, 0.25) is 0 Å². The first-order chi connectivity index (χ1) is 9.63. The van der Waals surface area contributed by atoms with Crippen molar-refractivity contribution >= 4 is 11.4 Å². The Morgan fingerprint density at radius 3 is 2.90 bits per heavy atom. The summed E-state index contributed by atoms with van der Waals surface area (Å²) in [6, 6.07) is 6.02. The minimum atomic E-state index is -0.312. The zero-order valence-corrected chi connectivity index (χ0v) is 12.3. The Bertz CT molecular complexity index is 476. The quantitative estimate of drug-likeness (QED) is 0.664. The Kier molecular flexibility index (Phi) is 4.95. The van der Waals surface area contributed by atoms with Crippen molar-refractivity contribution in [1.29, 1.82) is 0 Å². The van der Waals surface area contributed by atoms with Gasteiger partial charge in [-0.2, -0.15) is 0 Å². The average molecular weight is 277 g/mol. The Hall–Kier alpha value is -1.62. The standard InChI is InChI=1S/C15H23N3O2/c1-12-11-14(6-7-15(12)18(19)20)17-10-4-3-5-13(17)8-9-16-2/h6-7,11,13,16H,3-5,8-10H2,1-2H3. The van der Waals surface area contributed by atoms with E-state index in [1.54, 1.807) is 6.07 Å². The van der Waals surface area contributed by atoms with Crippen molar-refractivity contribution in [2.75, 3.05) is 25.0 Å². The van der Waals surface area contributed by atoms with Crippen LogP contribution in [0.25, 0.3) is 0 Å². The van der Waals surface area contributed by atoms with Crippen molar-refractivity contribution in [3.05, 3.63) is 33.9 Å². The molecule has 5 heteroatoms. The lowest BCUT2D eigenvalue weighted by Gasteiger charge is -2.38. The van der Waals surface area contributed by atoms with Crippen LogP contribution >= 0.6 is 0 Å². The molecule has 110 valence electrons. The van der Waals surface area contributed by atoms with Crippen LogP contribution in [0.1, 0.15) is 31.2 Å². The second kappa shape index (κ2) is 6.70. The van der Waals surface area contributed by atoms with Gasteiger partial charge in [0.25, 0.3) is 5.69 Å². The third-order valence-electron chi connectivity index (χ3n) is 4.06. The third kappa shape index (κ3) is 3.28. The smallest absolute Gasteiger partial charge is 0.272 e. The van der Waals surface area contributed by atoms with Crippen LogP contribution in [0.15, 0.2) is 18.2 Å². The summed E-state index contributed by atoms with van der Waals surface area (Å²) in [7, 11) is 1.98. The highest BCUT2D eigenvalue weighted by molar-refractivity contribution is 5.56.